The zero-order valence-corrected chi connectivity index (χ0v) is 14.8. The van der Waals surface area contributed by atoms with Gasteiger partial charge in [-0.15, -0.1) is 0 Å². The Morgan fingerprint density at radius 3 is 2.44 bits per heavy atom. The topological polar surface area (TPSA) is 55.4 Å². The maximum absolute atomic E-state index is 12.4. The Labute approximate surface area is 149 Å². The molecule has 25 heavy (non-hydrogen) atoms. The van der Waals surface area contributed by atoms with E-state index in [-0.39, 0.29) is 18.6 Å². The normalized spacial score (nSPS) is 11.6. The molecular formula is C21H25NO3. The van der Waals surface area contributed by atoms with Gasteiger partial charge in [-0.3, -0.25) is 4.79 Å². The van der Waals surface area contributed by atoms with Gasteiger partial charge in [0, 0.05) is 6.04 Å². The first-order chi connectivity index (χ1) is 12.1. The van der Waals surface area contributed by atoms with Crippen molar-refractivity contribution in [3.05, 3.63) is 71.3 Å². The van der Waals surface area contributed by atoms with Gasteiger partial charge in [0.15, 0.2) is 6.61 Å². The SMILES string of the molecule is CCCC(C)NC(=O)COC(=O)c1ccccc1Cc1ccccc1. The van der Waals surface area contributed by atoms with E-state index in [1.54, 1.807) is 12.1 Å². The lowest BCUT2D eigenvalue weighted by Gasteiger charge is -2.13. The maximum Gasteiger partial charge on any atom is 0.338 e. The number of hydrogen-bond acceptors (Lipinski definition) is 3. The van der Waals surface area contributed by atoms with Crippen LogP contribution in [0.15, 0.2) is 54.6 Å². The van der Waals surface area contributed by atoms with Crippen molar-refractivity contribution in [3.63, 3.8) is 0 Å². The number of nitrogens with one attached hydrogen (secondary N) is 1. The number of ether oxygens (including phenoxy) is 1. The minimum atomic E-state index is -0.468. The van der Waals surface area contributed by atoms with Crippen molar-refractivity contribution in [1.29, 1.82) is 0 Å². The van der Waals surface area contributed by atoms with Gasteiger partial charge in [-0.1, -0.05) is 61.9 Å². The van der Waals surface area contributed by atoms with Crippen molar-refractivity contribution in [1.82, 2.24) is 5.32 Å². The van der Waals surface area contributed by atoms with Crippen LogP contribution in [-0.2, 0) is 16.0 Å². The molecule has 4 heteroatoms. The Hall–Kier alpha value is -2.62. The summed E-state index contributed by atoms with van der Waals surface area (Å²) in [7, 11) is 0. The lowest BCUT2D eigenvalue weighted by molar-refractivity contribution is -0.124. The zero-order valence-electron chi connectivity index (χ0n) is 14.8. The lowest BCUT2D eigenvalue weighted by Crippen LogP contribution is -2.35. The highest BCUT2D eigenvalue weighted by Crippen LogP contribution is 2.15. The Morgan fingerprint density at radius 2 is 1.72 bits per heavy atom. The van der Waals surface area contributed by atoms with Crippen LogP contribution in [-0.4, -0.2) is 24.5 Å². The highest BCUT2D eigenvalue weighted by atomic mass is 16.5. The lowest BCUT2D eigenvalue weighted by atomic mass is 10.00. The molecule has 0 aromatic heterocycles. The van der Waals surface area contributed by atoms with Crippen molar-refractivity contribution in [2.75, 3.05) is 6.61 Å². The van der Waals surface area contributed by atoms with E-state index in [1.807, 2.05) is 49.4 Å². The number of amides is 1. The summed E-state index contributed by atoms with van der Waals surface area (Å²) in [4.78, 5) is 24.2. The molecule has 2 aromatic rings. The first-order valence-corrected chi connectivity index (χ1v) is 8.68. The first-order valence-electron chi connectivity index (χ1n) is 8.68. The van der Waals surface area contributed by atoms with E-state index in [0.29, 0.717) is 12.0 Å². The Bertz CT molecular complexity index is 697. The van der Waals surface area contributed by atoms with Crippen molar-refractivity contribution < 1.29 is 14.3 Å². The molecule has 0 aliphatic carbocycles. The summed E-state index contributed by atoms with van der Waals surface area (Å²) in [5.74, 6) is -0.736. The monoisotopic (exact) mass is 339 g/mol. The molecule has 1 atom stereocenters. The van der Waals surface area contributed by atoms with Crippen LogP contribution < -0.4 is 5.32 Å². The van der Waals surface area contributed by atoms with Gasteiger partial charge in [0.1, 0.15) is 0 Å². The fourth-order valence-corrected chi connectivity index (χ4v) is 2.72. The van der Waals surface area contributed by atoms with Gasteiger partial charge in [0.25, 0.3) is 5.91 Å². The molecule has 132 valence electrons. The molecular weight excluding hydrogens is 314 g/mol. The summed E-state index contributed by atoms with van der Waals surface area (Å²) in [6, 6.07) is 17.4. The molecule has 2 aromatic carbocycles. The van der Waals surface area contributed by atoms with Crippen LogP contribution in [0.5, 0.6) is 0 Å². The van der Waals surface area contributed by atoms with Gasteiger partial charge in [-0.2, -0.15) is 0 Å². The fourth-order valence-electron chi connectivity index (χ4n) is 2.72. The molecule has 2 rings (SSSR count). The van der Waals surface area contributed by atoms with Crippen LogP contribution in [0.1, 0.15) is 48.2 Å². The summed E-state index contributed by atoms with van der Waals surface area (Å²) in [6.45, 7) is 3.75. The summed E-state index contributed by atoms with van der Waals surface area (Å²) in [5.41, 5.74) is 2.51. The second-order valence-corrected chi connectivity index (χ2v) is 6.15. The molecule has 0 fully saturated rings. The Balaban J connectivity index is 1.96. The van der Waals surface area contributed by atoms with Gasteiger partial charge < -0.3 is 10.1 Å². The molecule has 4 nitrogen and oxygen atoms in total. The third-order valence-corrected chi connectivity index (χ3v) is 3.94. The maximum atomic E-state index is 12.4. The van der Waals surface area contributed by atoms with Crippen LogP contribution in [0, 0.1) is 0 Å². The van der Waals surface area contributed by atoms with Gasteiger partial charge in [-0.05, 0) is 37.0 Å². The van der Waals surface area contributed by atoms with Crippen LogP contribution in [0.2, 0.25) is 0 Å². The molecule has 0 radical (unpaired) electrons. The standard InChI is InChI=1S/C21H25NO3/c1-3-9-16(2)22-20(23)15-25-21(24)19-13-8-7-12-18(19)14-17-10-5-4-6-11-17/h4-8,10-13,16H,3,9,14-15H2,1-2H3,(H,22,23). The quantitative estimate of drug-likeness (QED) is 0.746. The largest absolute Gasteiger partial charge is 0.452 e. The van der Waals surface area contributed by atoms with E-state index in [0.717, 1.165) is 24.0 Å². The van der Waals surface area contributed by atoms with Crippen molar-refractivity contribution in [3.8, 4) is 0 Å². The average molecular weight is 339 g/mol. The summed E-state index contributed by atoms with van der Waals surface area (Å²) in [6.07, 6.45) is 2.54. The van der Waals surface area contributed by atoms with Crippen LogP contribution in [0.4, 0.5) is 0 Å². The predicted octanol–water partition coefficient (Wildman–Crippen LogP) is 3.74. The molecule has 1 N–H and O–H groups in total. The van der Waals surface area contributed by atoms with Crippen molar-refractivity contribution in [2.45, 2.75) is 39.2 Å². The smallest absolute Gasteiger partial charge is 0.338 e. The van der Waals surface area contributed by atoms with Crippen LogP contribution in [0.3, 0.4) is 0 Å². The summed E-state index contributed by atoms with van der Waals surface area (Å²) >= 11 is 0. The molecule has 1 unspecified atom stereocenters. The van der Waals surface area contributed by atoms with Crippen molar-refractivity contribution >= 4 is 11.9 Å². The van der Waals surface area contributed by atoms with E-state index in [9.17, 15) is 9.59 Å². The number of carbonyl (C=O) groups excluding carboxylic acids is 2. The molecule has 0 aliphatic rings. The van der Waals surface area contributed by atoms with E-state index in [1.165, 1.54) is 0 Å². The second-order valence-electron chi connectivity index (χ2n) is 6.15. The molecule has 0 bridgehead atoms. The molecule has 0 heterocycles. The van der Waals surface area contributed by atoms with E-state index >= 15 is 0 Å². The van der Waals surface area contributed by atoms with Crippen LogP contribution in [0.25, 0.3) is 0 Å². The van der Waals surface area contributed by atoms with E-state index in [2.05, 4.69) is 12.2 Å². The second kappa shape index (κ2) is 9.62. The highest BCUT2D eigenvalue weighted by molar-refractivity contribution is 5.92. The molecule has 1 amide bonds. The third kappa shape index (κ3) is 6.07. The van der Waals surface area contributed by atoms with Crippen molar-refractivity contribution in [2.24, 2.45) is 0 Å². The van der Waals surface area contributed by atoms with Gasteiger partial charge >= 0.3 is 5.97 Å². The zero-order chi connectivity index (χ0) is 18.1. The molecule has 0 saturated heterocycles. The number of esters is 1. The minimum Gasteiger partial charge on any atom is -0.452 e. The number of benzene rings is 2. The van der Waals surface area contributed by atoms with Gasteiger partial charge in [0.2, 0.25) is 0 Å². The highest BCUT2D eigenvalue weighted by Gasteiger charge is 2.15. The number of carbonyl (C=O) groups is 2. The molecule has 0 aliphatic heterocycles. The Morgan fingerprint density at radius 1 is 1.04 bits per heavy atom. The van der Waals surface area contributed by atoms with Gasteiger partial charge in [0.05, 0.1) is 5.56 Å². The van der Waals surface area contributed by atoms with E-state index < -0.39 is 5.97 Å². The molecule has 0 saturated carbocycles. The predicted molar refractivity (Wildman–Crippen MR) is 98.5 cm³/mol. The number of rotatable bonds is 8. The summed E-state index contributed by atoms with van der Waals surface area (Å²) in [5, 5.41) is 2.83. The first kappa shape index (κ1) is 18.7. The van der Waals surface area contributed by atoms with E-state index in [4.69, 9.17) is 4.74 Å². The average Bonchev–Trinajstić information content (AvgIpc) is 2.61. The number of hydrogen-bond donors (Lipinski definition) is 1. The van der Waals surface area contributed by atoms with Gasteiger partial charge in [-0.25, -0.2) is 4.79 Å². The third-order valence-electron chi connectivity index (χ3n) is 3.94. The summed E-state index contributed by atoms with van der Waals surface area (Å²) < 4.78 is 5.20. The minimum absolute atomic E-state index is 0.0848. The molecule has 0 spiro atoms. The fraction of sp³-hybridized carbons (Fsp3) is 0.333. The van der Waals surface area contributed by atoms with Crippen LogP contribution >= 0.6 is 0 Å². The Kier molecular flexibility index (Phi) is 7.20.